The summed E-state index contributed by atoms with van der Waals surface area (Å²) in [4.78, 5) is 23.0. The van der Waals surface area contributed by atoms with Gasteiger partial charge in [0.1, 0.15) is 5.52 Å². The molecule has 3 rings (SSSR count). The Bertz CT molecular complexity index is 866. The fraction of sp³-hybridized carbons (Fsp3) is 0.533. The molecule has 9 heteroatoms. The SMILES string of the molecule is CC(C)n1cnc2cc(C(=O)N3CCN(S(C)(=O)=O)CC3)cnc21. The van der Waals surface area contributed by atoms with Crippen molar-refractivity contribution in [2.24, 2.45) is 0 Å². The smallest absolute Gasteiger partial charge is 0.255 e. The summed E-state index contributed by atoms with van der Waals surface area (Å²) in [5.41, 5.74) is 1.91. The number of carbonyl (C=O) groups excluding carboxylic acids is 1. The summed E-state index contributed by atoms with van der Waals surface area (Å²) in [6.45, 7) is 5.49. The lowest BCUT2D eigenvalue weighted by atomic mass is 10.2. The van der Waals surface area contributed by atoms with E-state index in [-0.39, 0.29) is 11.9 Å². The summed E-state index contributed by atoms with van der Waals surface area (Å²) in [7, 11) is -3.20. The molecule has 0 spiro atoms. The average molecular weight is 351 g/mol. The first-order chi connectivity index (χ1) is 11.3. The molecule has 24 heavy (non-hydrogen) atoms. The van der Waals surface area contributed by atoms with Crippen LogP contribution in [0.15, 0.2) is 18.6 Å². The van der Waals surface area contributed by atoms with Crippen LogP contribution in [-0.4, -0.2) is 70.5 Å². The van der Waals surface area contributed by atoms with Crippen molar-refractivity contribution in [3.63, 3.8) is 0 Å². The lowest BCUT2D eigenvalue weighted by Gasteiger charge is -2.33. The zero-order chi connectivity index (χ0) is 17.5. The Hall–Kier alpha value is -2.00. The maximum Gasteiger partial charge on any atom is 0.255 e. The van der Waals surface area contributed by atoms with Crippen LogP contribution in [-0.2, 0) is 10.0 Å². The average Bonchev–Trinajstić information content (AvgIpc) is 2.96. The first-order valence-electron chi connectivity index (χ1n) is 7.84. The Balaban J connectivity index is 1.77. The summed E-state index contributed by atoms with van der Waals surface area (Å²) < 4.78 is 26.4. The molecule has 0 bridgehead atoms. The topological polar surface area (TPSA) is 88.4 Å². The van der Waals surface area contributed by atoms with Crippen LogP contribution in [0.3, 0.4) is 0 Å². The van der Waals surface area contributed by atoms with Crippen LogP contribution in [0.5, 0.6) is 0 Å². The lowest BCUT2D eigenvalue weighted by molar-refractivity contribution is 0.0698. The van der Waals surface area contributed by atoms with Gasteiger partial charge in [-0.3, -0.25) is 4.79 Å². The Morgan fingerprint density at radius 1 is 1.17 bits per heavy atom. The van der Waals surface area contributed by atoms with Gasteiger partial charge in [0.05, 0.1) is 18.1 Å². The summed E-state index contributed by atoms with van der Waals surface area (Å²) >= 11 is 0. The van der Waals surface area contributed by atoms with E-state index in [0.29, 0.717) is 37.3 Å². The predicted molar refractivity (Wildman–Crippen MR) is 90.2 cm³/mol. The quantitative estimate of drug-likeness (QED) is 0.813. The maximum atomic E-state index is 12.6. The van der Waals surface area contributed by atoms with Gasteiger partial charge in [0, 0.05) is 38.4 Å². The van der Waals surface area contributed by atoms with Crippen molar-refractivity contribution in [3.05, 3.63) is 24.2 Å². The van der Waals surface area contributed by atoms with Crippen LogP contribution >= 0.6 is 0 Å². The van der Waals surface area contributed by atoms with E-state index >= 15 is 0 Å². The van der Waals surface area contributed by atoms with E-state index in [2.05, 4.69) is 9.97 Å². The minimum Gasteiger partial charge on any atom is -0.336 e. The van der Waals surface area contributed by atoms with Crippen LogP contribution in [0, 0.1) is 0 Å². The number of fused-ring (bicyclic) bond motifs is 1. The fourth-order valence-corrected chi connectivity index (χ4v) is 3.65. The number of imidazole rings is 1. The number of aromatic nitrogens is 3. The largest absolute Gasteiger partial charge is 0.336 e. The molecule has 1 saturated heterocycles. The molecule has 1 amide bonds. The molecule has 1 aliphatic heterocycles. The van der Waals surface area contributed by atoms with Gasteiger partial charge in [-0.25, -0.2) is 18.4 Å². The second-order valence-corrected chi connectivity index (χ2v) is 8.25. The molecule has 3 heterocycles. The Morgan fingerprint density at radius 2 is 1.83 bits per heavy atom. The highest BCUT2D eigenvalue weighted by Gasteiger charge is 2.27. The molecule has 0 aromatic carbocycles. The number of piperazine rings is 1. The van der Waals surface area contributed by atoms with Crippen LogP contribution in [0.25, 0.3) is 11.2 Å². The molecule has 2 aromatic heterocycles. The van der Waals surface area contributed by atoms with Crippen molar-refractivity contribution in [1.82, 2.24) is 23.7 Å². The first kappa shape index (κ1) is 16.8. The van der Waals surface area contributed by atoms with Gasteiger partial charge in [0.25, 0.3) is 5.91 Å². The second kappa shape index (κ2) is 6.14. The second-order valence-electron chi connectivity index (χ2n) is 6.27. The first-order valence-corrected chi connectivity index (χ1v) is 9.69. The number of rotatable bonds is 3. The van der Waals surface area contributed by atoms with Gasteiger partial charge in [-0.15, -0.1) is 0 Å². The zero-order valence-electron chi connectivity index (χ0n) is 14.0. The Kier molecular flexibility index (Phi) is 4.31. The lowest BCUT2D eigenvalue weighted by Crippen LogP contribution is -2.50. The number of sulfonamides is 1. The van der Waals surface area contributed by atoms with E-state index in [1.165, 1.54) is 10.6 Å². The minimum absolute atomic E-state index is 0.142. The number of hydrogen-bond acceptors (Lipinski definition) is 5. The zero-order valence-corrected chi connectivity index (χ0v) is 14.8. The van der Waals surface area contributed by atoms with Gasteiger partial charge >= 0.3 is 0 Å². The van der Waals surface area contributed by atoms with E-state index in [0.717, 1.165) is 5.65 Å². The summed E-state index contributed by atoms with van der Waals surface area (Å²) in [5, 5.41) is 0. The normalized spacial score (nSPS) is 16.9. The monoisotopic (exact) mass is 351 g/mol. The number of pyridine rings is 1. The highest BCUT2D eigenvalue weighted by Crippen LogP contribution is 2.18. The van der Waals surface area contributed by atoms with Crippen molar-refractivity contribution in [3.8, 4) is 0 Å². The van der Waals surface area contributed by atoms with E-state index in [1.54, 1.807) is 23.5 Å². The van der Waals surface area contributed by atoms with Crippen molar-refractivity contribution in [2.45, 2.75) is 19.9 Å². The van der Waals surface area contributed by atoms with E-state index in [1.807, 2.05) is 18.4 Å². The van der Waals surface area contributed by atoms with E-state index in [9.17, 15) is 13.2 Å². The molecule has 130 valence electrons. The maximum absolute atomic E-state index is 12.6. The summed E-state index contributed by atoms with van der Waals surface area (Å²) in [6, 6.07) is 1.99. The molecule has 0 aliphatic carbocycles. The molecule has 0 saturated carbocycles. The molecule has 0 unspecified atom stereocenters. The number of hydrogen-bond donors (Lipinski definition) is 0. The third-order valence-corrected chi connectivity index (χ3v) is 5.51. The van der Waals surface area contributed by atoms with E-state index in [4.69, 9.17) is 0 Å². The van der Waals surface area contributed by atoms with E-state index < -0.39 is 10.0 Å². The highest BCUT2D eigenvalue weighted by atomic mass is 32.2. The number of nitrogens with zero attached hydrogens (tertiary/aromatic N) is 5. The van der Waals surface area contributed by atoms with Crippen molar-refractivity contribution >= 4 is 27.1 Å². The summed E-state index contributed by atoms with van der Waals surface area (Å²) in [5.74, 6) is -0.142. The third-order valence-electron chi connectivity index (χ3n) is 4.21. The standard InChI is InChI=1S/C15H21N5O3S/c1-11(2)20-10-17-13-8-12(9-16-14(13)20)15(21)18-4-6-19(7-5-18)24(3,22)23/h8-11H,4-7H2,1-3H3. The fourth-order valence-electron chi connectivity index (χ4n) is 2.82. The third kappa shape index (κ3) is 3.13. The van der Waals surface area contributed by atoms with Crippen LogP contribution in [0.1, 0.15) is 30.2 Å². The minimum atomic E-state index is -3.20. The molecular weight excluding hydrogens is 330 g/mol. The molecule has 0 N–H and O–H groups in total. The van der Waals surface area contributed by atoms with Gasteiger partial charge < -0.3 is 9.47 Å². The van der Waals surface area contributed by atoms with Gasteiger partial charge in [-0.2, -0.15) is 4.31 Å². The van der Waals surface area contributed by atoms with Crippen molar-refractivity contribution in [1.29, 1.82) is 0 Å². The van der Waals surface area contributed by atoms with Gasteiger partial charge in [-0.05, 0) is 19.9 Å². The van der Waals surface area contributed by atoms with Crippen LogP contribution < -0.4 is 0 Å². The van der Waals surface area contributed by atoms with Crippen molar-refractivity contribution < 1.29 is 13.2 Å². The molecular formula is C15H21N5O3S. The summed E-state index contributed by atoms with van der Waals surface area (Å²) in [6.07, 6.45) is 4.48. The predicted octanol–water partition coefficient (Wildman–Crippen LogP) is 0.730. The molecule has 8 nitrogen and oxygen atoms in total. The molecule has 0 atom stereocenters. The molecule has 0 radical (unpaired) electrons. The van der Waals surface area contributed by atoms with Crippen LogP contribution in [0.4, 0.5) is 0 Å². The highest BCUT2D eigenvalue weighted by molar-refractivity contribution is 7.88. The number of amides is 1. The van der Waals surface area contributed by atoms with Crippen molar-refractivity contribution in [2.75, 3.05) is 32.4 Å². The van der Waals surface area contributed by atoms with Crippen LogP contribution in [0.2, 0.25) is 0 Å². The van der Waals surface area contributed by atoms with Gasteiger partial charge in [-0.1, -0.05) is 0 Å². The Morgan fingerprint density at radius 3 is 2.42 bits per heavy atom. The van der Waals surface area contributed by atoms with Gasteiger partial charge in [0.15, 0.2) is 5.65 Å². The molecule has 2 aromatic rings. The van der Waals surface area contributed by atoms with Gasteiger partial charge in [0.2, 0.25) is 10.0 Å². The molecule has 1 fully saturated rings. The Labute approximate surface area is 141 Å². The number of carbonyl (C=O) groups is 1. The molecule has 1 aliphatic rings.